The smallest absolute Gasteiger partial charge is 0.119 e. The molecular weight excluding hydrogens is 238 g/mol. The maximum atomic E-state index is 5.89. The maximum absolute atomic E-state index is 5.89. The summed E-state index contributed by atoms with van der Waals surface area (Å²) >= 11 is 0. The number of nitrogens with one attached hydrogen (secondary N) is 1. The first kappa shape index (κ1) is 16.0. The molecule has 0 fully saturated rings. The van der Waals surface area contributed by atoms with E-state index in [0.717, 1.165) is 5.75 Å². The lowest BCUT2D eigenvalue weighted by atomic mass is 10.1. The van der Waals surface area contributed by atoms with Gasteiger partial charge in [-0.25, -0.2) is 0 Å². The number of ether oxygens (including phenoxy) is 2. The molecule has 0 aliphatic carbocycles. The third-order valence-corrected chi connectivity index (χ3v) is 3.41. The molecule has 0 aliphatic rings. The molecule has 0 saturated carbocycles. The molecule has 108 valence electrons. The van der Waals surface area contributed by atoms with Gasteiger partial charge in [-0.2, -0.15) is 0 Å². The first-order valence-corrected chi connectivity index (χ1v) is 7.10. The first-order valence-electron chi connectivity index (χ1n) is 7.10. The average Bonchev–Trinajstić information content (AvgIpc) is 2.41. The number of likely N-dealkylation sites (N-methyl/N-ethyl adjacent to an activating group) is 1. The van der Waals surface area contributed by atoms with E-state index in [-0.39, 0.29) is 12.1 Å². The van der Waals surface area contributed by atoms with Gasteiger partial charge in [0.2, 0.25) is 0 Å². The first-order chi connectivity index (χ1) is 9.08. The van der Waals surface area contributed by atoms with E-state index in [9.17, 15) is 0 Å². The molecule has 1 aromatic carbocycles. The molecule has 2 unspecified atom stereocenters. The van der Waals surface area contributed by atoms with Gasteiger partial charge in [0.05, 0.1) is 25.4 Å². The Morgan fingerprint density at radius 2 is 1.74 bits per heavy atom. The zero-order chi connectivity index (χ0) is 14.3. The molecule has 1 N–H and O–H groups in total. The van der Waals surface area contributed by atoms with Crippen LogP contribution in [0.3, 0.4) is 0 Å². The quantitative estimate of drug-likeness (QED) is 0.781. The van der Waals surface area contributed by atoms with Gasteiger partial charge in [0.1, 0.15) is 5.75 Å². The molecule has 0 saturated heterocycles. The second-order valence-corrected chi connectivity index (χ2v) is 5.13. The van der Waals surface area contributed by atoms with E-state index in [0.29, 0.717) is 19.1 Å². The lowest BCUT2D eigenvalue weighted by Crippen LogP contribution is -2.26. The molecule has 2 atom stereocenters. The highest BCUT2D eigenvalue weighted by Gasteiger charge is 2.13. The molecular formula is C16H27NO2. The third-order valence-electron chi connectivity index (χ3n) is 3.41. The number of hydrogen-bond acceptors (Lipinski definition) is 3. The van der Waals surface area contributed by atoms with Crippen molar-refractivity contribution >= 4 is 0 Å². The van der Waals surface area contributed by atoms with E-state index >= 15 is 0 Å². The number of rotatable bonds is 8. The Balaban J connectivity index is 2.58. The van der Waals surface area contributed by atoms with Gasteiger partial charge >= 0.3 is 0 Å². The fourth-order valence-corrected chi connectivity index (χ4v) is 1.75. The predicted octanol–water partition coefficient (Wildman–Crippen LogP) is 3.41. The fraction of sp³-hybridized carbons (Fsp3) is 0.625. The maximum Gasteiger partial charge on any atom is 0.119 e. The molecule has 3 nitrogen and oxygen atoms in total. The van der Waals surface area contributed by atoms with Gasteiger partial charge in [-0.3, -0.25) is 0 Å². The van der Waals surface area contributed by atoms with Gasteiger partial charge in [0.25, 0.3) is 0 Å². The molecule has 0 spiro atoms. The summed E-state index contributed by atoms with van der Waals surface area (Å²) in [6.45, 7) is 9.85. The Morgan fingerprint density at radius 1 is 1.11 bits per heavy atom. The van der Waals surface area contributed by atoms with E-state index < -0.39 is 0 Å². The molecule has 1 aromatic rings. The summed E-state index contributed by atoms with van der Waals surface area (Å²) in [5, 5.41) is 3.30. The Bertz CT molecular complexity index is 348. The van der Waals surface area contributed by atoms with Crippen LogP contribution in [0.4, 0.5) is 0 Å². The van der Waals surface area contributed by atoms with E-state index in [1.54, 1.807) is 0 Å². The van der Waals surface area contributed by atoms with Crippen LogP contribution >= 0.6 is 0 Å². The van der Waals surface area contributed by atoms with Gasteiger partial charge in [0, 0.05) is 0 Å². The SMILES string of the molecule is CCOc1ccc(C(COC(C)C(C)C)NC)cc1. The van der Waals surface area contributed by atoms with Crippen LogP contribution in [0, 0.1) is 5.92 Å². The van der Waals surface area contributed by atoms with Gasteiger partial charge in [-0.05, 0) is 44.5 Å². The lowest BCUT2D eigenvalue weighted by molar-refractivity contribution is 0.0229. The van der Waals surface area contributed by atoms with Gasteiger partial charge < -0.3 is 14.8 Å². The molecule has 1 rings (SSSR count). The molecule has 0 aliphatic heterocycles. The highest BCUT2D eigenvalue weighted by atomic mass is 16.5. The second-order valence-electron chi connectivity index (χ2n) is 5.13. The second kappa shape index (κ2) is 8.18. The van der Waals surface area contributed by atoms with Gasteiger partial charge in [-0.15, -0.1) is 0 Å². The summed E-state index contributed by atoms with van der Waals surface area (Å²) in [6.07, 6.45) is 0.276. The van der Waals surface area contributed by atoms with Crippen molar-refractivity contribution in [3.63, 3.8) is 0 Å². The Morgan fingerprint density at radius 3 is 2.21 bits per heavy atom. The minimum atomic E-state index is 0.219. The lowest BCUT2D eigenvalue weighted by Gasteiger charge is -2.22. The molecule has 0 aromatic heterocycles. The van der Waals surface area contributed by atoms with Crippen LogP contribution in [0.5, 0.6) is 5.75 Å². The van der Waals surface area contributed by atoms with Crippen molar-refractivity contribution in [1.29, 1.82) is 0 Å². The molecule has 0 amide bonds. The minimum Gasteiger partial charge on any atom is -0.494 e. The van der Waals surface area contributed by atoms with Crippen LogP contribution in [0.25, 0.3) is 0 Å². The van der Waals surface area contributed by atoms with E-state index in [4.69, 9.17) is 9.47 Å². The average molecular weight is 265 g/mol. The summed E-state index contributed by atoms with van der Waals surface area (Å²) in [6, 6.07) is 8.42. The Kier molecular flexibility index (Phi) is 6.89. The highest BCUT2D eigenvalue weighted by Crippen LogP contribution is 2.19. The molecule has 19 heavy (non-hydrogen) atoms. The zero-order valence-corrected chi connectivity index (χ0v) is 12.8. The summed E-state index contributed by atoms with van der Waals surface area (Å²) in [5.41, 5.74) is 1.22. The fourth-order valence-electron chi connectivity index (χ4n) is 1.75. The normalized spacial score (nSPS) is 14.4. The van der Waals surface area contributed by atoms with Crippen LogP contribution in [0.1, 0.15) is 39.3 Å². The van der Waals surface area contributed by atoms with Crippen LogP contribution in [-0.2, 0) is 4.74 Å². The van der Waals surface area contributed by atoms with Crippen LogP contribution in [0.15, 0.2) is 24.3 Å². The van der Waals surface area contributed by atoms with Crippen molar-refractivity contribution in [2.75, 3.05) is 20.3 Å². The van der Waals surface area contributed by atoms with Crippen molar-refractivity contribution in [3.05, 3.63) is 29.8 Å². The van der Waals surface area contributed by atoms with Crippen molar-refractivity contribution in [2.24, 2.45) is 5.92 Å². The van der Waals surface area contributed by atoms with Gasteiger partial charge in [0.15, 0.2) is 0 Å². The van der Waals surface area contributed by atoms with Gasteiger partial charge in [-0.1, -0.05) is 26.0 Å². The van der Waals surface area contributed by atoms with Crippen molar-refractivity contribution < 1.29 is 9.47 Å². The highest BCUT2D eigenvalue weighted by molar-refractivity contribution is 5.29. The summed E-state index contributed by atoms with van der Waals surface area (Å²) < 4.78 is 11.3. The minimum absolute atomic E-state index is 0.219. The van der Waals surface area contributed by atoms with E-state index in [1.807, 2.05) is 26.1 Å². The summed E-state index contributed by atoms with van der Waals surface area (Å²) in [7, 11) is 1.96. The Labute approximate surface area is 117 Å². The predicted molar refractivity (Wildman–Crippen MR) is 79.7 cm³/mol. The van der Waals surface area contributed by atoms with Crippen LogP contribution < -0.4 is 10.1 Å². The Hall–Kier alpha value is -1.06. The summed E-state index contributed by atoms with van der Waals surface area (Å²) in [4.78, 5) is 0. The standard InChI is InChI=1S/C16H27NO2/c1-6-18-15-9-7-14(8-10-15)16(17-5)11-19-13(4)12(2)3/h7-10,12-13,16-17H,6,11H2,1-5H3. The topological polar surface area (TPSA) is 30.5 Å². The van der Waals surface area contributed by atoms with Crippen LogP contribution in [-0.4, -0.2) is 26.4 Å². The number of benzene rings is 1. The third kappa shape index (κ3) is 5.21. The molecule has 0 radical (unpaired) electrons. The number of hydrogen-bond donors (Lipinski definition) is 1. The van der Waals surface area contributed by atoms with Crippen molar-refractivity contribution in [1.82, 2.24) is 5.32 Å². The van der Waals surface area contributed by atoms with Crippen LogP contribution in [0.2, 0.25) is 0 Å². The molecule has 0 heterocycles. The van der Waals surface area contributed by atoms with Crippen molar-refractivity contribution in [3.8, 4) is 5.75 Å². The molecule has 0 bridgehead atoms. The summed E-state index contributed by atoms with van der Waals surface area (Å²) in [5.74, 6) is 1.45. The zero-order valence-electron chi connectivity index (χ0n) is 12.8. The largest absolute Gasteiger partial charge is 0.494 e. The van der Waals surface area contributed by atoms with E-state index in [2.05, 4.69) is 38.2 Å². The monoisotopic (exact) mass is 265 g/mol. The van der Waals surface area contributed by atoms with Crippen molar-refractivity contribution in [2.45, 2.75) is 39.8 Å². The molecule has 3 heteroatoms. The van der Waals surface area contributed by atoms with E-state index in [1.165, 1.54) is 5.56 Å².